The Morgan fingerprint density at radius 3 is 2.68 bits per heavy atom. The smallest absolute Gasteiger partial charge is 0.216 e. The van der Waals surface area contributed by atoms with E-state index in [4.69, 9.17) is 4.74 Å². The van der Waals surface area contributed by atoms with Crippen molar-refractivity contribution in [2.75, 3.05) is 7.11 Å². The number of rotatable bonds is 4. The van der Waals surface area contributed by atoms with Crippen LogP contribution in [0.4, 0.5) is 4.39 Å². The van der Waals surface area contributed by atoms with E-state index in [-0.39, 0.29) is 5.82 Å². The number of fused-ring (bicyclic) bond motifs is 1. The van der Waals surface area contributed by atoms with Gasteiger partial charge >= 0.3 is 0 Å². The highest BCUT2D eigenvalue weighted by molar-refractivity contribution is 5.81. The molecule has 1 unspecified atom stereocenters. The average molecular weight is 372 g/mol. The molecule has 0 aliphatic heterocycles. The number of nitriles is 1. The fourth-order valence-corrected chi connectivity index (χ4v) is 3.06. The molecule has 0 N–H and O–H groups in total. The van der Waals surface area contributed by atoms with Crippen LogP contribution in [0.3, 0.4) is 0 Å². The Bertz CT molecular complexity index is 1120. The molecule has 0 spiro atoms. The van der Waals surface area contributed by atoms with Crippen molar-refractivity contribution in [2.45, 2.75) is 32.1 Å². The summed E-state index contributed by atoms with van der Waals surface area (Å²) in [7, 11) is 1.61. The second kappa shape index (κ2) is 8.11. The van der Waals surface area contributed by atoms with Crippen molar-refractivity contribution in [3.63, 3.8) is 0 Å². The summed E-state index contributed by atoms with van der Waals surface area (Å²) in [5, 5.41) is 10.8. The fraction of sp³-hybridized carbons (Fsp3) is 0.250. The SMILES string of the molecule is CCc1cc2ccc(C(C)(C#N)CC#Cc3cccc(F)c3)cc2nc1OC. The molecule has 3 aromatic rings. The molecule has 0 bridgehead atoms. The lowest BCUT2D eigenvalue weighted by Gasteiger charge is -2.20. The highest BCUT2D eigenvalue weighted by Crippen LogP contribution is 2.31. The second-order valence-corrected chi connectivity index (χ2v) is 6.85. The van der Waals surface area contributed by atoms with Gasteiger partial charge in [0.1, 0.15) is 5.82 Å². The Labute approximate surface area is 164 Å². The zero-order chi connectivity index (χ0) is 20.1. The third kappa shape index (κ3) is 3.97. The van der Waals surface area contributed by atoms with Crippen LogP contribution >= 0.6 is 0 Å². The number of benzene rings is 2. The van der Waals surface area contributed by atoms with Crippen molar-refractivity contribution in [1.29, 1.82) is 5.26 Å². The van der Waals surface area contributed by atoms with Gasteiger partial charge in [-0.3, -0.25) is 0 Å². The topological polar surface area (TPSA) is 45.9 Å². The molecule has 1 atom stereocenters. The molecule has 4 heteroatoms. The van der Waals surface area contributed by atoms with Gasteiger partial charge in [0.15, 0.2) is 0 Å². The van der Waals surface area contributed by atoms with Crippen molar-refractivity contribution < 1.29 is 9.13 Å². The number of aromatic nitrogens is 1. The first-order valence-corrected chi connectivity index (χ1v) is 9.13. The van der Waals surface area contributed by atoms with Crippen LogP contribution in [-0.4, -0.2) is 12.1 Å². The quantitative estimate of drug-likeness (QED) is 0.594. The van der Waals surface area contributed by atoms with Crippen LogP contribution in [0.5, 0.6) is 5.88 Å². The van der Waals surface area contributed by atoms with Crippen LogP contribution in [0, 0.1) is 29.0 Å². The highest BCUT2D eigenvalue weighted by atomic mass is 19.1. The van der Waals surface area contributed by atoms with Crippen LogP contribution in [0.25, 0.3) is 10.9 Å². The zero-order valence-electron chi connectivity index (χ0n) is 16.2. The molecule has 0 fully saturated rings. The minimum atomic E-state index is -0.799. The van der Waals surface area contributed by atoms with Crippen LogP contribution in [0.2, 0.25) is 0 Å². The number of ether oxygens (including phenoxy) is 1. The highest BCUT2D eigenvalue weighted by Gasteiger charge is 2.26. The van der Waals surface area contributed by atoms with Crippen LogP contribution in [0.1, 0.15) is 37.0 Å². The maximum Gasteiger partial charge on any atom is 0.216 e. The molecule has 28 heavy (non-hydrogen) atoms. The summed E-state index contributed by atoms with van der Waals surface area (Å²) in [5.41, 5.74) is 2.47. The van der Waals surface area contributed by atoms with Gasteiger partial charge in [0.2, 0.25) is 5.88 Å². The van der Waals surface area contributed by atoms with Gasteiger partial charge < -0.3 is 4.74 Å². The van der Waals surface area contributed by atoms with Gasteiger partial charge in [-0.05, 0) is 49.2 Å². The van der Waals surface area contributed by atoms with Crippen molar-refractivity contribution in [1.82, 2.24) is 4.98 Å². The molecule has 3 nitrogen and oxygen atoms in total. The monoisotopic (exact) mass is 372 g/mol. The van der Waals surface area contributed by atoms with E-state index in [0.717, 1.165) is 28.5 Å². The van der Waals surface area contributed by atoms with Gasteiger partial charge in [0.25, 0.3) is 0 Å². The second-order valence-electron chi connectivity index (χ2n) is 6.85. The first-order valence-electron chi connectivity index (χ1n) is 9.13. The minimum absolute atomic E-state index is 0.323. The van der Waals surface area contributed by atoms with Gasteiger partial charge in [0.05, 0.1) is 24.1 Å². The van der Waals surface area contributed by atoms with Gasteiger partial charge in [-0.1, -0.05) is 37.0 Å². The normalized spacial score (nSPS) is 12.5. The van der Waals surface area contributed by atoms with E-state index in [2.05, 4.69) is 35.9 Å². The molecule has 3 rings (SSSR count). The minimum Gasteiger partial charge on any atom is -0.481 e. The standard InChI is InChI=1S/C24H21FN2O/c1-4-18-14-19-10-11-20(15-22(19)27-23(18)28-3)24(2,16-26)12-6-8-17-7-5-9-21(25)13-17/h5,7,9-11,13-15H,4,12H2,1-3H3. The lowest BCUT2D eigenvalue weighted by atomic mass is 9.80. The summed E-state index contributed by atoms with van der Waals surface area (Å²) >= 11 is 0. The molecule has 140 valence electrons. The van der Waals surface area contributed by atoms with Crippen LogP contribution < -0.4 is 4.74 Å². The van der Waals surface area contributed by atoms with Gasteiger partial charge in [-0.25, -0.2) is 9.37 Å². The third-order valence-corrected chi connectivity index (χ3v) is 4.81. The summed E-state index contributed by atoms with van der Waals surface area (Å²) in [6.45, 7) is 3.91. The van der Waals surface area contributed by atoms with Gasteiger partial charge in [-0.15, -0.1) is 0 Å². The molecular formula is C24H21FN2O. The third-order valence-electron chi connectivity index (χ3n) is 4.81. The van der Waals surface area contributed by atoms with E-state index in [0.29, 0.717) is 17.9 Å². The Balaban J connectivity index is 1.95. The van der Waals surface area contributed by atoms with E-state index in [1.54, 1.807) is 19.2 Å². The zero-order valence-corrected chi connectivity index (χ0v) is 16.2. The lowest BCUT2D eigenvalue weighted by Crippen LogP contribution is -2.18. The molecular weight excluding hydrogens is 351 g/mol. The van der Waals surface area contributed by atoms with Crippen molar-refractivity contribution in [3.8, 4) is 23.8 Å². The van der Waals surface area contributed by atoms with Crippen LogP contribution in [-0.2, 0) is 11.8 Å². The number of hydrogen-bond acceptors (Lipinski definition) is 3. The van der Waals surface area contributed by atoms with Gasteiger partial charge in [-0.2, -0.15) is 5.26 Å². The van der Waals surface area contributed by atoms with Crippen molar-refractivity contribution in [3.05, 3.63) is 71.0 Å². The average Bonchev–Trinajstić information content (AvgIpc) is 2.72. The lowest BCUT2D eigenvalue weighted by molar-refractivity contribution is 0.395. The molecule has 2 aromatic carbocycles. The number of pyridine rings is 1. The molecule has 0 amide bonds. The molecule has 0 saturated heterocycles. The summed E-state index contributed by atoms with van der Waals surface area (Å²) < 4.78 is 18.7. The largest absolute Gasteiger partial charge is 0.481 e. The summed E-state index contributed by atoms with van der Waals surface area (Å²) in [6, 6.07) is 16.4. The Kier molecular flexibility index (Phi) is 5.62. The van der Waals surface area contributed by atoms with E-state index < -0.39 is 5.41 Å². The maximum atomic E-state index is 13.3. The molecule has 0 saturated carbocycles. The van der Waals surface area contributed by atoms with E-state index in [1.807, 2.05) is 25.1 Å². The Morgan fingerprint density at radius 2 is 2.00 bits per heavy atom. The number of nitrogens with zero attached hydrogens (tertiary/aromatic N) is 2. The molecule has 0 radical (unpaired) electrons. The number of methoxy groups -OCH3 is 1. The molecule has 0 aliphatic rings. The molecule has 1 aromatic heterocycles. The fourth-order valence-electron chi connectivity index (χ4n) is 3.06. The van der Waals surface area contributed by atoms with E-state index >= 15 is 0 Å². The summed E-state index contributed by atoms with van der Waals surface area (Å²) in [6.07, 6.45) is 1.16. The Hall–Kier alpha value is -3.37. The van der Waals surface area contributed by atoms with E-state index in [9.17, 15) is 9.65 Å². The number of aryl methyl sites for hydroxylation is 1. The first-order chi connectivity index (χ1) is 13.5. The maximum absolute atomic E-state index is 13.3. The van der Waals surface area contributed by atoms with E-state index in [1.165, 1.54) is 12.1 Å². The predicted octanol–water partition coefficient (Wildman–Crippen LogP) is 5.17. The van der Waals surface area contributed by atoms with Gasteiger partial charge in [0, 0.05) is 22.9 Å². The number of hydrogen-bond donors (Lipinski definition) is 0. The van der Waals surface area contributed by atoms with Crippen LogP contribution in [0.15, 0.2) is 48.5 Å². The van der Waals surface area contributed by atoms with Crippen molar-refractivity contribution >= 4 is 10.9 Å². The predicted molar refractivity (Wildman–Crippen MR) is 109 cm³/mol. The molecule has 0 aliphatic carbocycles. The summed E-state index contributed by atoms with van der Waals surface area (Å²) in [5.74, 6) is 6.25. The first kappa shape index (κ1) is 19.4. The number of halogens is 1. The Morgan fingerprint density at radius 1 is 1.18 bits per heavy atom. The summed E-state index contributed by atoms with van der Waals surface area (Å²) in [4.78, 5) is 4.60. The van der Waals surface area contributed by atoms with Crippen molar-refractivity contribution in [2.24, 2.45) is 0 Å². The molecule has 1 heterocycles.